The molecule has 5 nitrogen and oxygen atoms in total. The van der Waals surface area contributed by atoms with E-state index < -0.39 is 0 Å². The predicted molar refractivity (Wildman–Crippen MR) is 122 cm³/mol. The molecule has 0 fully saturated rings. The molecule has 0 spiro atoms. The van der Waals surface area contributed by atoms with E-state index in [1.807, 2.05) is 36.4 Å². The summed E-state index contributed by atoms with van der Waals surface area (Å²) in [5.41, 5.74) is 3.90. The molecule has 2 aromatic carbocycles. The number of hydrogen-bond acceptors (Lipinski definition) is 6. The molecule has 2 heterocycles. The van der Waals surface area contributed by atoms with Gasteiger partial charge in [-0.05, 0) is 53.4 Å². The van der Waals surface area contributed by atoms with Crippen molar-refractivity contribution in [1.82, 2.24) is 10.3 Å². The van der Waals surface area contributed by atoms with Gasteiger partial charge in [0, 0.05) is 35.0 Å². The van der Waals surface area contributed by atoms with E-state index in [1.165, 1.54) is 4.88 Å². The third-order valence-corrected chi connectivity index (χ3v) is 5.83. The molecule has 6 heteroatoms. The molecular weight excluding hydrogens is 396 g/mol. The minimum absolute atomic E-state index is 0.681. The van der Waals surface area contributed by atoms with E-state index in [0.717, 1.165) is 40.0 Å². The van der Waals surface area contributed by atoms with Crippen LogP contribution in [0.2, 0.25) is 0 Å². The van der Waals surface area contributed by atoms with Crippen molar-refractivity contribution in [3.05, 3.63) is 70.4 Å². The molecule has 0 aliphatic heterocycles. The smallest absolute Gasteiger partial charge is 0.161 e. The lowest BCUT2D eigenvalue weighted by Gasteiger charge is -2.14. The van der Waals surface area contributed by atoms with Crippen LogP contribution in [0.1, 0.15) is 10.4 Å². The van der Waals surface area contributed by atoms with Gasteiger partial charge in [0.05, 0.1) is 32.5 Å². The molecule has 0 atom stereocenters. The van der Waals surface area contributed by atoms with Crippen LogP contribution in [0.25, 0.3) is 22.2 Å². The zero-order chi connectivity index (χ0) is 20.9. The van der Waals surface area contributed by atoms with E-state index in [1.54, 1.807) is 32.7 Å². The zero-order valence-electron chi connectivity index (χ0n) is 17.3. The average molecular weight is 421 g/mol. The highest BCUT2D eigenvalue weighted by Gasteiger charge is 2.13. The number of thiophene rings is 1. The van der Waals surface area contributed by atoms with Gasteiger partial charge in [0.1, 0.15) is 5.75 Å². The lowest BCUT2D eigenvalue weighted by atomic mass is 10.0. The van der Waals surface area contributed by atoms with Gasteiger partial charge in [-0.25, -0.2) is 4.98 Å². The lowest BCUT2D eigenvalue weighted by molar-refractivity contribution is 0.355. The summed E-state index contributed by atoms with van der Waals surface area (Å²) in [6, 6.07) is 18.3. The molecule has 0 aliphatic rings. The maximum Gasteiger partial charge on any atom is 0.161 e. The maximum atomic E-state index is 5.51. The number of rotatable bonds is 8. The number of pyridine rings is 1. The third kappa shape index (κ3) is 4.25. The standard InChI is InChI=1S/C24H24N2O3S/c1-27-19-8-6-16-11-18(14-25-15-20-5-4-10-30-20)24(26-21(16)13-19)17-7-9-22(28-2)23(12-17)29-3/h4-13,25H,14-15H2,1-3H3. The van der Waals surface area contributed by atoms with Crippen LogP contribution in [0.4, 0.5) is 0 Å². The molecule has 0 saturated carbocycles. The van der Waals surface area contributed by atoms with Crippen molar-refractivity contribution in [3.8, 4) is 28.5 Å². The van der Waals surface area contributed by atoms with Gasteiger partial charge in [-0.3, -0.25) is 0 Å². The van der Waals surface area contributed by atoms with E-state index in [0.29, 0.717) is 18.0 Å². The van der Waals surface area contributed by atoms with Crippen LogP contribution >= 0.6 is 11.3 Å². The summed E-state index contributed by atoms with van der Waals surface area (Å²) in [6.07, 6.45) is 0. The normalized spacial score (nSPS) is 10.9. The SMILES string of the molecule is COc1ccc2cc(CNCc3cccs3)c(-c3ccc(OC)c(OC)c3)nc2c1. The first kappa shape index (κ1) is 20.2. The quantitative estimate of drug-likeness (QED) is 0.420. The minimum atomic E-state index is 0.681. The Bertz CT molecular complexity index is 1140. The summed E-state index contributed by atoms with van der Waals surface area (Å²) in [4.78, 5) is 6.29. The van der Waals surface area contributed by atoms with Crippen molar-refractivity contribution in [2.75, 3.05) is 21.3 Å². The van der Waals surface area contributed by atoms with Gasteiger partial charge in [0.2, 0.25) is 0 Å². The molecule has 0 amide bonds. The van der Waals surface area contributed by atoms with Crippen LogP contribution in [0, 0.1) is 0 Å². The van der Waals surface area contributed by atoms with E-state index in [9.17, 15) is 0 Å². The van der Waals surface area contributed by atoms with Crippen molar-refractivity contribution in [1.29, 1.82) is 0 Å². The molecule has 2 aromatic heterocycles. The summed E-state index contributed by atoms with van der Waals surface area (Å²) in [6.45, 7) is 1.53. The number of hydrogen-bond donors (Lipinski definition) is 1. The van der Waals surface area contributed by atoms with E-state index in [-0.39, 0.29) is 0 Å². The van der Waals surface area contributed by atoms with Crippen LogP contribution in [-0.2, 0) is 13.1 Å². The molecule has 1 N–H and O–H groups in total. The Balaban J connectivity index is 1.75. The molecule has 0 radical (unpaired) electrons. The molecule has 0 unspecified atom stereocenters. The Morgan fingerprint density at radius 1 is 0.867 bits per heavy atom. The predicted octanol–water partition coefficient (Wildman–Crippen LogP) is 5.28. The summed E-state index contributed by atoms with van der Waals surface area (Å²) in [5, 5.41) is 6.71. The van der Waals surface area contributed by atoms with Crippen molar-refractivity contribution in [2.45, 2.75) is 13.1 Å². The molecule has 0 saturated heterocycles. The van der Waals surface area contributed by atoms with Crippen LogP contribution in [0.3, 0.4) is 0 Å². The number of nitrogens with zero attached hydrogens (tertiary/aromatic N) is 1. The van der Waals surface area contributed by atoms with E-state index >= 15 is 0 Å². The van der Waals surface area contributed by atoms with Gasteiger partial charge in [0.25, 0.3) is 0 Å². The van der Waals surface area contributed by atoms with Crippen LogP contribution in [0.15, 0.2) is 60.0 Å². The first-order valence-electron chi connectivity index (χ1n) is 9.65. The summed E-state index contributed by atoms with van der Waals surface area (Å²) < 4.78 is 16.3. The fourth-order valence-corrected chi connectivity index (χ4v) is 4.09. The largest absolute Gasteiger partial charge is 0.497 e. The van der Waals surface area contributed by atoms with Gasteiger partial charge in [-0.2, -0.15) is 0 Å². The highest BCUT2D eigenvalue weighted by Crippen LogP contribution is 2.34. The number of ether oxygens (including phenoxy) is 3. The fourth-order valence-electron chi connectivity index (χ4n) is 3.42. The van der Waals surface area contributed by atoms with E-state index in [2.05, 4.69) is 28.9 Å². The second kappa shape index (κ2) is 9.15. The number of methoxy groups -OCH3 is 3. The molecule has 154 valence electrons. The highest BCUT2D eigenvalue weighted by atomic mass is 32.1. The Kier molecular flexibility index (Phi) is 6.16. The third-order valence-electron chi connectivity index (χ3n) is 4.96. The monoisotopic (exact) mass is 420 g/mol. The van der Waals surface area contributed by atoms with Crippen LogP contribution < -0.4 is 19.5 Å². The number of benzene rings is 2. The molecule has 30 heavy (non-hydrogen) atoms. The minimum Gasteiger partial charge on any atom is -0.497 e. The summed E-state index contributed by atoms with van der Waals surface area (Å²) in [5.74, 6) is 2.16. The van der Waals surface area contributed by atoms with Crippen molar-refractivity contribution in [2.24, 2.45) is 0 Å². The average Bonchev–Trinajstić information content (AvgIpc) is 3.31. The van der Waals surface area contributed by atoms with E-state index in [4.69, 9.17) is 19.2 Å². The Labute approximate surface area is 180 Å². The van der Waals surface area contributed by atoms with Crippen LogP contribution in [0.5, 0.6) is 17.2 Å². The van der Waals surface area contributed by atoms with Crippen LogP contribution in [-0.4, -0.2) is 26.3 Å². The zero-order valence-corrected chi connectivity index (χ0v) is 18.1. The fraction of sp³-hybridized carbons (Fsp3) is 0.208. The first-order valence-corrected chi connectivity index (χ1v) is 10.5. The first-order chi connectivity index (χ1) is 14.7. The Morgan fingerprint density at radius 2 is 1.73 bits per heavy atom. The summed E-state index contributed by atoms with van der Waals surface area (Å²) in [7, 11) is 4.95. The number of nitrogens with one attached hydrogen (secondary N) is 1. The molecule has 4 aromatic rings. The van der Waals surface area contributed by atoms with Gasteiger partial charge < -0.3 is 19.5 Å². The van der Waals surface area contributed by atoms with Gasteiger partial charge >= 0.3 is 0 Å². The van der Waals surface area contributed by atoms with Gasteiger partial charge in [-0.15, -0.1) is 11.3 Å². The van der Waals surface area contributed by atoms with Crippen molar-refractivity contribution < 1.29 is 14.2 Å². The number of aromatic nitrogens is 1. The molecule has 0 aliphatic carbocycles. The lowest BCUT2D eigenvalue weighted by Crippen LogP contribution is -2.13. The second-order valence-electron chi connectivity index (χ2n) is 6.81. The molecular formula is C24H24N2O3S. The molecule has 4 rings (SSSR count). The molecule has 0 bridgehead atoms. The topological polar surface area (TPSA) is 52.6 Å². The van der Waals surface area contributed by atoms with Gasteiger partial charge in [-0.1, -0.05) is 6.07 Å². The Hall–Kier alpha value is -3.09. The maximum absolute atomic E-state index is 5.51. The van der Waals surface area contributed by atoms with Crippen molar-refractivity contribution >= 4 is 22.2 Å². The highest BCUT2D eigenvalue weighted by molar-refractivity contribution is 7.09. The summed E-state index contributed by atoms with van der Waals surface area (Å²) >= 11 is 1.75. The second-order valence-corrected chi connectivity index (χ2v) is 7.84. The Morgan fingerprint density at radius 3 is 2.47 bits per heavy atom. The van der Waals surface area contributed by atoms with Gasteiger partial charge in [0.15, 0.2) is 11.5 Å². The number of fused-ring (bicyclic) bond motifs is 1. The van der Waals surface area contributed by atoms with Crippen molar-refractivity contribution in [3.63, 3.8) is 0 Å².